The molecule has 112 valence electrons. The van der Waals surface area contributed by atoms with Crippen LogP contribution in [0.25, 0.3) is 0 Å². The molecule has 1 unspecified atom stereocenters. The first kappa shape index (κ1) is 16.8. The van der Waals surface area contributed by atoms with E-state index >= 15 is 0 Å². The van der Waals surface area contributed by atoms with Crippen LogP contribution in [0, 0.1) is 11.3 Å². The van der Waals surface area contributed by atoms with Gasteiger partial charge in [0.2, 0.25) is 5.91 Å². The van der Waals surface area contributed by atoms with Crippen molar-refractivity contribution in [3.8, 4) is 0 Å². The molecule has 4 heteroatoms. The van der Waals surface area contributed by atoms with Crippen molar-refractivity contribution in [1.29, 1.82) is 0 Å². The largest absolute Gasteiger partial charge is 0.342 e. The number of amides is 1. The number of carbonyl (C=O) groups is 1. The summed E-state index contributed by atoms with van der Waals surface area (Å²) >= 11 is 0. The van der Waals surface area contributed by atoms with Gasteiger partial charge in [0.15, 0.2) is 0 Å². The second-order valence-electron chi connectivity index (χ2n) is 6.89. The zero-order valence-electron chi connectivity index (χ0n) is 12.6. The average molecular weight is 289 g/mol. The summed E-state index contributed by atoms with van der Waals surface area (Å²) in [5, 5.41) is 3.34. The first-order valence-electron chi connectivity index (χ1n) is 7.47. The molecule has 2 rings (SSSR count). The van der Waals surface area contributed by atoms with Crippen LogP contribution < -0.4 is 5.32 Å². The van der Waals surface area contributed by atoms with Crippen LogP contribution in [-0.2, 0) is 4.79 Å². The molecule has 1 atom stereocenters. The monoisotopic (exact) mass is 288 g/mol. The molecule has 3 nitrogen and oxygen atoms in total. The lowest BCUT2D eigenvalue weighted by molar-refractivity contribution is -0.137. The van der Waals surface area contributed by atoms with Crippen molar-refractivity contribution < 1.29 is 4.79 Å². The molecule has 2 fully saturated rings. The van der Waals surface area contributed by atoms with Gasteiger partial charge in [0.05, 0.1) is 5.92 Å². The molecule has 0 aromatic heterocycles. The van der Waals surface area contributed by atoms with Gasteiger partial charge in [-0.25, -0.2) is 0 Å². The van der Waals surface area contributed by atoms with Gasteiger partial charge in [0.25, 0.3) is 0 Å². The minimum absolute atomic E-state index is 0. The molecular weight excluding hydrogens is 260 g/mol. The first-order valence-corrected chi connectivity index (χ1v) is 7.47. The Morgan fingerprint density at radius 1 is 1.21 bits per heavy atom. The van der Waals surface area contributed by atoms with E-state index < -0.39 is 0 Å². The summed E-state index contributed by atoms with van der Waals surface area (Å²) in [6.45, 7) is 6.64. The molecule has 0 radical (unpaired) electrons. The van der Waals surface area contributed by atoms with Gasteiger partial charge in [0.1, 0.15) is 0 Å². The molecule has 0 aromatic carbocycles. The van der Waals surface area contributed by atoms with Crippen LogP contribution in [-0.4, -0.2) is 37.0 Å². The highest BCUT2D eigenvalue weighted by atomic mass is 35.5. The number of nitrogens with one attached hydrogen (secondary N) is 1. The maximum absolute atomic E-state index is 12.4. The van der Waals surface area contributed by atoms with Crippen LogP contribution in [0.15, 0.2) is 0 Å². The summed E-state index contributed by atoms with van der Waals surface area (Å²) in [5.41, 5.74) is 0.479. The third-order valence-electron chi connectivity index (χ3n) is 4.85. The quantitative estimate of drug-likeness (QED) is 0.847. The highest BCUT2D eigenvalue weighted by Crippen LogP contribution is 2.37. The fraction of sp³-hybridized carbons (Fsp3) is 0.933. The fourth-order valence-corrected chi connectivity index (χ4v) is 3.30. The molecular formula is C15H29ClN2O. The van der Waals surface area contributed by atoms with E-state index in [1.165, 1.54) is 25.7 Å². The predicted molar refractivity (Wildman–Crippen MR) is 81.6 cm³/mol. The van der Waals surface area contributed by atoms with E-state index in [-0.39, 0.29) is 18.3 Å². The number of carbonyl (C=O) groups excluding carboxylic acids is 1. The van der Waals surface area contributed by atoms with Crippen molar-refractivity contribution in [1.82, 2.24) is 10.2 Å². The van der Waals surface area contributed by atoms with Crippen molar-refractivity contribution >= 4 is 18.3 Å². The van der Waals surface area contributed by atoms with Crippen LogP contribution in [0.2, 0.25) is 0 Å². The Balaban J connectivity index is 0.00000180. The van der Waals surface area contributed by atoms with Gasteiger partial charge in [-0.3, -0.25) is 4.79 Å². The Labute approximate surface area is 123 Å². The van der Waals surface area contributed by atoms with E-state index in [4.69, 9.17) is 0 Å². The van der Waals surface area contributed by atoms with Gasteiger partial charge in [-0.05, 0) is 50.5 Å². The van der Waals surface area contributed by atoms with Gasteiger partial charge in [-0.2, -0.15) is 0 Å². The topological polar surface area (TPSA) is 32.3 Å². The zero-order valence-corrected chi connectivity index (χ0v) is 13.4. The van der Waals surface area contributed by atoms with Crippen LogP contribution in [0.4, 0.5) is 0 Å². The highest BCUT2D eigenvalue weighted by molar-refractivity contribution is 5.85. The van der Waals surface area contributed by atoms with E-state index in [1.807, 2.05) is 11.9 Å². The maximum atomic E-state index is 12.4. The lowest BCUT2D eigenvalue weighted by Crippen LogP contribution is -2.47. The molecule has 1 aliphatic carbocycles. The summed E-state index contributed by atoms with van der Waals surface area (Å²) in [4.78, 5) is 14.5. The molecule has 0 aromatic rings. The van der Waals surface area contributed by atoms with E-state index in [1.54, 1.807) is 0 Å². The number of piperidine rings is 1. The Hall–Kier alpha value is -0.280. The van der Waals surface area contributed by atoms with Gasteiger partial charge in [-0.1, -0.05) is 13.8 Å². The molecule has 0 bridgehead atoms. The molecule has 1 saturated heterocycles. The third kappa shape index (κ3) is 4.35. The lowest BCUT2D eigenvalue weighted by Gasteiger charge is -2.40. The smallest absolute Gasteiger partial charge is 0.226 e. The SMILES string of the molecule is CN(C(=O)C1CCCNC1)C1CCC(C)(C)CC1.Cl. The third-order valence-corrected chi connectivity index (χ3v) is 4.85. The standard InChI is InChI=1S/C15H28N2O.ClH/c1-15(2)8-6-13(7-9-15)17(3)14(18)12-5-4-10-16-11-12;/h12-13,16H,4-11H2,1-3H3;1H. The summed E-state index contributed by atoms with van der Waals surface area (Å²) in [6, 6.07) is 0.479. The summed E-state index contributed by atoms with van der Waals surface area (Å²) in [7, 11) is 2.01. The summed E-state index contributed by atoms with van der Waals surface area (Å²) in [6.07, 6.45) is 7.05. The molecule has 1 saturated carbocycles. The second-order valence-corrected chi connectivity index (χ2v) is 6.89. The van der Waals surface area contributed by atoms with Crippen molar-refractivity contribution in [2.75, 3.05) is 20.1 Å². The molecule has 1 amide bonds. The van der Waals surface area contributed by atoms with Gasteiger partial charge in [-0.15, -0.1) is 12.4 Å². The van der Waals surface area contributed by atoms with Crippen molar-refractivity contribution in [2.45, 2.75) is 58.4 Å². The summed E-state index contributed by atoms with van der Waals surface area (Å²) in [5.74, 6) is 0.589. The lowest BCUT2D eigenvalue weighted by atomic mass is 9.75. The fourth-order valence-electron chi connectivity index (χ4n) is 3.30. The minimum Gasteiger partial charge on any atom is -0.342 e. The van der Waals surface area contributed by atoms with Crippen molar-refractivity contribution in [3.63, 3.8) is 0 Å². The van der Waals surface area contributed by atoms with E-state index in [0.29, 0.717) is 17.4 Å². The van der Waals surface area contributed by atoms with Gasteiger partial charge >= 0.3 is 0 Å². The van der Waals surface area contributed by atoms with Crippen LogP contribution in [0.3, 0.4) is 0 Å². The Kier molecular flexibility index (Phi) is 6.13. The summed E-state index contributed by atoms with van der Waals surface area (Å²) < 4.78 is 0. The van der Waals surface area contributed by atoms with Crippen LogP contribution >= 0.6 is 12.4 Å². The maximum Gasteiger partial charge on any atom is 0.226 e. The number of hydrogen-bond acceptors (Lipinski definition) is 2. The normalized spacial score (nSPS) is 27.4. The molecule has 0 spiro atoms. The van der Waals surface area contributed by atoms with E-state index in [0.717, 1.165) is 25.9 Å². The highest BCUT2D eigenvalue weighted by Gasteiger charge is 2.33. The van der Waals surface area contributed by atoms with Crippen molar-refractivity contribution in [2.24, 2.45) is 11.3 Å². The number of nitrogens with zero attached hydrogens (tertiary/aromatic N) is 1. The molecule has 2 aliphatic rings. The molecule has 19 heavy (non-hydrogen) atoms. The molecule has 1 aliphatic heterocycles. The van der Waals surface area contributed by atoms with Gasteiger partial charge in [0, 0.05) is 19.6 Å². The van der Waals surface area contributed by atoms with Crippen molar-refractivity contribution in [3.05, 3.63) is 0 Å². The first-order chi connectivity index (χ1) is 8.49. The van der Waals surface area contributed by atoms with E-state index in [9.17, 15) is 4.79 Å². The van der Waals surface area contributed by atoms with Crippen LogP contribution in [0.5, 0.6) is 0 Å². The van der Waals surface area contributed by atoms with Crippen LogP contribution in [0.1, 0.15) is 52.4 Å². The number of halogens is 1. The average Bonchev–Trinajstić information content (AvgIpc) is 2.38. The Bertz CT molecular complexity index is 291. The van der Waals surface area contributed by atoms with Gasteiger partial charge < -0.3 is 10.2 Å². The second kappa shape index (κ2) is 6.94. The molecule has 1 heterocycles. The zero-order chi connectivity index (χ0) is 13.2. The predicted octanol–water partition coefficient (Wildman–Crippen LogP) is 2.84. The van der Waals surface area contributed by atoms with E-state index in [2.05, 4.69) is 19.2 Å². The molecule has 1 N–H and O–H groups in total. The Morgan fingerprint density at radius 2 is 1.84 bits per heavy atom. The number of rotatable bonds is 2. The Morgan fingerprint density at radius 3 is 2.37 bits per heavy atom. The minimum atomic E-state index is 0. The number of hydrogen-bond donors (Lipinski definition) is 1.